The van der Waals surface area contributed by atoms with Crippen molar-refractivity contribution >= 4 is 11.6 Å². The summed E-state index contributed by atoms with van der Waals surface area (Å²) in [5, 5.41) is 13.0. The molecule has 0 amide bonds. The summed E-state index contributed by atoms with van der Waals surface area (Å²) in [7, 11) is 1.79. The van der Waals surface area contributed by atoms with Gasteiger partial charge in [-0.05, 0) is 12.1 Å². The summed E-state index contributed by atoms with van der Waals surface area (Å²) in [6, 6.07) is 6.91. The number of halogens is 1. The zero-order chi connectivity index (χ0) is 12.3. The molecule has 17 heavy (non-hydrogen) atoms. The average molecular weight is 249 g/mol. The van der Waals surface area contributed by atoms with Crippen LogP contribution in [0.5, 0.6) is 5.75 Å². The number of nitriles is 1. The number of nitrogens with zero attached hydrogens (tertiary/aromatic N) is 4. The maximum Gasteiger partial charge on any atom is 0.164 e. The van der Waals surface area contributed by atoms with Gasteiger partial charge in [0, 0.05) is 13.1 Å². The van der Waals surface area contributed by atoms with Crippen LogP contribution in [-0.2, 0) is 13.7 Å². The minimum Gasteiger partial charge on any atom is -0.486 e. The molecular weight excluding hydrogens is 240 g/mol. The van der Waals surface area contributed by atoms with E-state index in [-0.39, 0.29) is 0 Å². The van der Waals surface area contributed by atoms with Crippen LogP contribution >= 0.6 is 11.6 Å². The second-order valence-electron chi connectivity index (χ2n) is 3.34. The molecule has 0 bridgehead atoms. The van der Waals surface area contributed by atoms with Crippen LogP contribution in [0.15, 0.2) is 24.5 Å². The van der Waals surface area contributed by atoms with Gasteiger partial charge in [-0.15, -0.1) is 0 Å². The van der Waals surface area contributed by atoms with Gasteiger partial charge in [0.15, 0.2) is 5.82 Å². The molecule has 0 aliphatic heterocycles. The number of aryl methyl sites for hydroxylation is 1. The molecule has 0 saturated carbocycles. The molecule has 0 saturated heterocycles. The van der Waals surface area contributed by atoms with Gasteiger partial charge in [0.25, 0.3) is 0 Å². The number of rotatable bonds is 3. The van der Waals surface area contributed by atoms with E-state index in [1.54, 1.807) is 29.9 Å². The van der Waals surface area contributed by atoms with Crippen molar-refractivity contribution in [1.82, 2.24) is 14.8 Å². The van der Waals surface area contributed by atoms with Crippen LogP contribution in [0.4, 0.5) is 0 Å². The first-order valence-electron chi connectivity index (χ1n) is 4.86. The Morgan fingerprint density at radius 1 is 1.53 bits per heavy atom. The lowest BCUT2D eigenvalue weighted by Crippen LogP contribution is -2.04. The Labute approximate surface area is 103 Å². The van der Waals surface area contributed by atoms with Crippen molar-refractivity contribution in [3.8, 4) is 11.8 Å². The first-order chi connectivity index (χ1) is 8.20. The number of hydrogen-bond donors (Lipinski definition) is 0. The Morgan fingerprint density at radius 3 is 2.94 bits per heavy atom. The van der Waals surface area contributed by atoms with E-state index in [0.717, 1.165) is 0 Å². The van der Waals surface area contributed by atoms with Gasteiger partial charge in [-0.1, -0.05) is 11.6 Å². The van der Waals surface area contributed by atoms with Gasteiger partial charge in [0.05, 0.1) is 10.6 Å². The van der Waals surface area contributed by atoms with Gasteiger partial charge in [0.1, 0.15) is 24.8 Å². The highest BCUT2D eigenvalue weighted by Crippen LogP contribution is 2.22. The fraction of sp³-hybridized carbons (Fsp3) is 0.182. The smallest absolute Gasteiger partial charge is 0.164 e. The van der Waals surface area contributed by atoms with Crippen LogP contribution in [-0.4, -0.2) is 14.8 Å². The third-order valence-corrected chi connectivity index (χ3v) is 2.55. The molecule has 0 fully saturated rings. The van der Waals surface area contributed by atoms with Gasteiger partial charge in [-0.2, -0.15) is 10.4 Å². The fourth-order valence-corrected chi connectivity index (χ4v) is 1.49. The summed E-state index contributed by atoms with van der Waals surface area (Å²) >= 11 is 5.89. The number of ether oxygens (including phenoxy) is 1. The fourth-order valence-electron chi connectivity index (χ4n) is 1.27. The minimum absolute atomic E-state index is 0.304. The zero-order valence-electron chi connectivity index (χ0n) is 9.09. The van der Waals surface area contributed by atoms with Crippen molar-refractivity contribution < 1.29 is 4.74 Å². The Balaban J connectivity index is 2.08. The maximum atomic E-state index is 8.73. The second-order valence-corrected chi connectivity index (χ2v) is 3.75. The van der Waals surface area contributed by atoms with E-state index >= 15 is 0 Å². The Kier molecular flexibility index (Phi) is 3.26. The van der Waals surface area contributed by atoms with Crippen LogP contribution in [0.25, 0.3) is 0 Å². The lowest BCUT2D eigenvalue weighted by atomic mass is 10.2. The molecule has 86 valence electrons. The Hall–Kier alpha value is -2.06. The van der Waals surface area contributed by atoms with Crippen LogP contribution in [0.3, 0.4) is 0 Å². The molecule has 0 atom stereocenters. The van der Waals surface area contributed by atoms with Crippen LogP contribution < -0.4 is 4.74 Å². The quantitative estimate of drug-likeness (QED) is 0.832. The lowest BCUT2D eigenvalue weighted by Gasteiger charge is -2.06. The highest BCUT2D eigenvalue weighted by molar-refractivity contribution is 6.31. The van der Waals surface area contributed by atoms with Crippen LogP contribution in [0.2, 0.25) is 5.02 Å². The molecule has 0 radical (unpaired) electrons. The summed E-state index contributed by atoms with van der Waals surface area (Å²) < 4.78 is 7.12. The van der Waals surface area contributed by atoms with Crippen molar-refractivity contribution in [2.45, 2.75) is 6.61 Å². The van der Waals surface area contributed by atoms with E-state index in [4.69, 9.17) is 21.6 Å². The second kappa shape index (κ2) is 4.85. The predicted molar refractivity (Wildman–Crippen MR) is 61.5 cm³/mol. The summed E-state index contributed by atoms with van der Waals surface area (Å²) in [5.41, 5.74) is 0.428. The van der Waals surface area contributed by atoms with Gasteiger partial charge < -0.3 is 4.74 Å². The van der Waals surface area contributed by atoms with Crippen molar-refractivity contribution in [2.75, 3.05) is 0 Å². The first-order valence-corrected chi connectivity index (χ1v) is 5.24. The van der Waals surface area contributed by atoms with Crippen LogP contribution in [0, 0.1) is 11.3 Å². The molecule has 0 aliphatic carbocycles. The van der Waals surface area contributed by atoms with Gasteiger partial charge in [0.2, 0.25) is 0 Å². The molecule has 0 unspecified atom stereocenters. The predicted octanol–water partition coefficient (Wildman–Crippen LogP) is 1.92. The van der Waals surface area contributed by atoms with Gasteiger partial charge >= 0.3 is 0 Å². The summed E-state index contributed by atoms with van der Waals surface area (Å²) in [6.07, 6.45) is 1.46. The Morgan fingerprint density at radius 2 is 2.35 bits per heavy atom. The first kappa shape index (κ1) is 11.4. The SMILES string of the molecule is Cn1ncnc1COc1ccc(C#N)c(Cl)c1. The minimum atomic E-state index is 0.304. The Bertz CT molecular complexity index is 573. The third-order valence-electron chi connectivity index (χ3n) is 2.23. The van der Waals surface area contributed by atoms with Crippen LogP contribution in [0.1, 0.15) is 11.4 Å². The molecule has 1 heterocycles. The molecule has 0 N–H and O–H groups in total. The standard InChI is InChI=1S/C11H9ClN4O/c1-16-11(14-7-15-16)6-17-9-3-2-8(5-13)10(12)4-9/h2-4,7H,6H2,1H3. The molecular formula is C11H9ClN4O. The molecule has 1 aromatic heterocycles. The van der Waals surface area contributed by atoms with E-state index in [1.807, 2.05) is 6.07 Å². The molecule has 0 spiro atoms. The van der Waals surface area contributed by atoms with Gasteiger partial charge in [-0.3, -0.25) is 4.68 Å². The largest absolute Gasteiger partial charge is 0.486 e. The number of hydrogen-bond acceptors (Lipinski definition) is 4. The van der Waals surface area contributed by atoms with Crippen molar-refractivity contribution in [3.05, 3.63) is 40.9 Å². The van der Waals surface area contributed by atoms with Gasteiger partial charge in [-0.25, -0.2) is 4.98 Å². The van der Waals surface area contributed by atoms with Crippen molar-refractivity contribution in [2.24, 2.45) is 7.05 Å². The highest BCUT2D eigenvalue weighted by atomic mass is 35.5. The summed E-state index contributed by atoms with van der Waals surface area (Å²) in [6.45, 7) is 0.304. The average Bonchev–Trinajstić information content (AvgIpc) is 2.72. The van der Waals surface area contributed by atoms with E-state index in [9.17, 15) is 0 Å². The highest BCUT2D eigenvalue weighted by Gasteiger charge is 2.04. The summed E-state index contributed by atoms with van der Waals surface area (Å²) in [5.74, 6) is 1.31. The van der Waals surface area contributed by atoms with Crippen molar-refractivity contribution in [3.63, 3.8) is 0 Å². The monoisotopic (exact) mass is 248 g/mol. The van der Waals surface area contributed by atoms with E-state index in [2.05, 4.69) is 10.1 Å². The maximum absolute atomic E-state index is 8.73. The molecule has 5 nitrogen and oxygen atoms in total. The zero-order valence-corrected chi connectivity index (χ0v) is 9.85. The molecule has 2 aromatic rings. The number of aromatic nitrogens is 3. The molecule has 1 aromatic carbocycles. The summed E-state index contributed by atoms with van der Waals surface area (Å²) in [4.78, 5) is 4.03. The molecule has 6 heteroatoms. The van der Waals surface area contributed by atoms with E-state index in [1.165, 1.54) is 6.33 Å². The number of benzene rings is 1. The normalized spacial score (nSPS) is 9.94. The lowest BCUT2D eigenvalue weighted by molar-refractivity contribution is 0.290. The van der Waals surface area contributed by atoms with E-state index in [0.29, 0.717) is 28.8 Å². The molecule has 0 aliphatic rings. The third kappa shape index (κ3) is 2.55. The topological polar surface area (TPSA) is 63.7 Å². The van der Waals surface area contributed by atoms with Crippen molar-refractivity contribution in [1.29, 1.82) is 5.26 Å². The molecule has 2 rings (SSSR count). The van der Waals surface area contributed by atoms with E-state index < -0.39 is 0 Å².